The molecule has 0 aliphatic heterocycles. The van der Waals surface area contributed by atoms with E-state index in [2.05, 4.69) is 6.58 Å². The van der Waals surface area contributed by atoms with E-state index >= 15 is 0 Å². The predicted octanol–water partition coefficient (Wildman–Crippen LogP) is 1.97. The molecule has 0 spiro atoms. The van der Waals surface area contributed by atoms with E-state index in [4.69, 9.17) is 5.11 Å². The molecule has 1 rings (SSSR count). The first kappa shape index (κ1) is 15.4. The molecular weight excluding hydrogens is 266 g/mol. The second-order valence-electron chi connectivity index (χ2n) is 4.09. The number of hydrogen-bond acceptors (Lipinski definition) is 3. The van der Waals surface area contributed by atoms with Crippen molar-refractivity contribution in [1.82, 2.24) is 4.31 Å². The van der Waals surface area contributed by atoms with Crippen molar-refractivity contribution < 1.29 is 18.3 Å². The zero-order valence-corrected chi connectivity index (χ0v) is 11.6. The van der Waals surface area contributed by atoms with Gasteiger partial charge in [0.2, 0.25) is 10.0 Å². The fraction of sp³-hybridized carbons (Fsp3) is 0.308. The van der Waals surface area contributed by atoms with E-state index in [9.17, 15) is 13.2 Å². The van der Waals surface area contributed by atoms with Gasteiger partial charge in [-0.15, -0.1) is 6.58 Å². The maximum absolute atomic E-state index is 12.2. The molecule has 0 aliphatic carbocycles. The summed E-state index contributed by atoms with van der Waals surface area (Å²) < 4.78 is 25.6. The van der Waals surface area contributed by atoms with Crippen LogP contribution >= 0.6 is 0 Å². The van der Waals surface area contributed by atoms with Crippen LogP contribution in [0.15, 0.2) is 41.8 Å². The number of benzene rings is 1. The minimum absolute atomic E-state index is 0.0632. The predicted molar refractivity (Wildman–Crippen MR) is 72.6 cm³/mol. The molecule has 0 aliphatic rings. The number of aromatic carboxylic acids is 1. The third-order valence-corrected chi connectivity index (χ3v) is 4.56. The monoisotopic (exact) mass is 283 g/mol. The lowest BCUT2D eigenvalue weighted by molar-refractivity contribution is 0.0696. The second-order valence-corrected chi connectivity index (χ2v) is 6.13. The van der Waals surface area contributed by atoms with Gasteiger partial charge in [0.1, 0.15) is 0 Å². The Kier molecular flexibility index (Phi) is 5.26. The number of allylic oxidation sites excluding steroid dienone is 1. The number of nitrogens with zero attached hydrogens (tertiary/aromatic N) is 1. The Morgan fingerprint density at radius 2 is 1.95 bits per heavy atom. The van der Waals surface area contributed by atoms with Crippen molar-refractivity contribution in [2.45, 2.75) is 17.7 Å². The number of carboxylic acids is 1. The van der Waals surface area contributed by atoms with Crippen LogP contribution in [-0.4, -0.2) is 37.4 Å². The van der Waals surface area contributed by atoms with Crippen LogP contribution in [0, 0.1) is 0 Å². The summed E-state index contributed by atoms with van der Waals surface area (Å²) in [6.07, 6.45) is 3.19. The van der Waals surface area contributed by atoms with E-state index in [1.165, 1.54) is 35.6 Å². The standard InChI is InChI=1S/C13H17NO4S/c1-3-4-5-10-14(2)19(17,18)12-8-6-11(7-9-12)13(15)16/h3,6-9H,1,4-5,10H2,2H3,(H,15,16). The Hall–Kier alpha value is -1.66. The molecule has 104 valence electrons. The van der Waals surface area contributed by atoms with E-state index < -0.39 is 16.0 Å². The van der Waals surface area contributed by atoms with E-state index in [0.29, 0.717) is 13.0 Å². The maximum atomic E-state index is 12.2. The molecule has 0 saturated carbocycles. The Balaban J connectivity index is 2.87. The normalized spacial score (nSPS) is 11.5. The van der Waals surface area contributed by atoms with Gasteiger partial charge in [0.15, 0.2) is 0 Å². The third kappa shape index (κ3) is 3.90. The lowest BCUT2D eigenvalue weighted by Crippen LogP contribution is -2.27. The molecule has 0 aromatic heterocycles. The van der Waals surface area contributed by atoms with Gasteiger partial charge in [0.05, 0.1) is 10.5 Å². The van der Waals surface area contributed by atoms with E-state index in [1.807, 2.05) is 0 Å². The molecule has 19 heavy (non-hydrogen) atoms. The first-order valence-corrected chi connectivity index (χ1v) is 7.24. The fourth-order valence-electron chi connectivity index (χ4n) is 1.53. The Morgan fingerprint density at radius 3 is 2.42 bits per heavy atom. The topological polar surface area (TPSA) is 74.7 Å². The number of hydrogen-bond donors (Lipinski definition) is 1. The SMILES string of the molecule is C=CCCCN(C)S(=O)(=O)c1ccc(C(=O)O)cc1. The smallest absolute Gasteiger partial charge is 0.335 e. The summed E-state index contributed by atoms with van der Waals surface area (Å²) in [4.78, 5) is 10.8. The Morgan fingerprint density at radius 1 is 1.37 bits per heavy atom. The van der Waals surface area contributed by atoms with Gasteiger partial charge in [-0.3, -0.25) is 0 Å². The van der Waals surface area contributed by atoms with Gasteiger partial charge in [-0.1, -0.05) is 6.08 Å². The van der Waals surface area contributed by atoms with Crippen molar-refractivity contribution >= 4 is 16.0 Å². The molecule has 1 aromatic rings. The highest BCUT2D eigenvalue weighted by Crippen LogP contribution is 2.15. The van der Waals surface area contributed by atoms with Gasteiger partial charge in [0.25, 0.3) is 0 Å². The molecule has 0 atom stereocenters. The summed E-state index contributed by atoms with van der Waals surface area (Å²) in [6.45, 7) is 3.98. The molecule has 0 fully saturated rings. The molecule has 1 N–H and O–H groups in total. The minimum atomic E-state index is -3.56. The first-order chi connectivity index (χ1) is 8.89. The highest BCUT2D eigenvalue weighted by molar-refractivity contribution is 7.89. The summed E-state index contributed by atoms with van der Waals surface area (Å²) in [5, 5.41) is 8.76. The molecular formula is C13H17NO4S. The van der Waals surface area contributed by atoms with Gasteiger partial charge in [-0.25, -0.2) is 17.5 Å². The molecule has 0 bridgehead atoms. The molecule has 1 aromatic carbocycles. The van der Waals surface area contributed by atoms with Crippen LogP contribution < -0.4 is 0 Å². The Labute approximate surface area is 113 Å². The summed E-state index contributed by atoms with van der Waals surface area (Å²) in [6, 6.07) is 5.19. The van der Waals surface area contributed by atoms with E-state index in [-0.39, 0.29) is 10.5 Å². The van der Waals surface area contributed by atoms with Gasteiger partial charge in [-0.2, -0.15) is 0 Å². The summed E-state index contributed by atoms with van der Waals surface area (Å²) in [5.41, 5.74) is 0.0632. The number of unbranched alkanes of at least 4 members (excludes halogenated alkanes) is 1. The minimum Gasteiger partial charge on any atom is -0.478 e. The van der Waals surface area contributed by atoms with Crippen LogP contribution in [0.4, 0.5) is 0 Å². The van der Waals surface area contributed by atoms with Crippen LogP contribution in [0.2, 0.25) is 0 Å². The quantitative estimate of drug-likeness (QED) is 0.613. The number of sulfonamides is 1. The van der Waals surface area contributed by atoms with Crippen molar-refractivity contribution in [2.75, 3.05) is 13.6 Å². The zero-order valence-electron chi connectivity index (χ0n) is 10.7. The van der Waals surface area contributed by atoms with Crippen LogP contribution in [-0.2, 0) is 10.0 Å². The molecule has 0 unspecified atom stereocenters. The zero-order chi connectivity index (χ0) is 14.5. The third-order valence-electron chi connectivity index (χ3n) is 2.69. The van der Waals surface area contributed by atoms with Crippen molar-refractivity contribution in [1.29, 1.82) is 0 Å². The van der Waals surface area contributed by atoms with Crippen LogP contribution in [0.25, 0.3) is 0 Å². The number of rotatable bonds is 7. The molecule has 0 amide bonds. The average Bonchev–Trinajstić information content (AvgIpc) is 2.39. The van der Waals surface area contributed by atoms with Gasteiger partial charge < -0.3 is 5.11 Å². The van der Waals surface area contributed by atoms with Gasteiger partial charge >= 0.3 is 5.97 Å². The van der Waals surface area contributed by atoms with Crippen LogP contribution in [0.3, 0.4) is 0 Å². The van der Waals surface area contributed by atoms with Crippen molar-refractivity contribution in [3.63, 3.8) is 0 Å². The summed E-state index contributed by atoms with van der Waals surface area (Å²) in [5.74, 6) is -1.08. The fourth-order valence-corrected chi connectivity index (χ4v) is 2.74. The van der Waals surface area contributed by atoms with E-state index in [0.717, 1.165) is 6.42 Å². The highest BCUT2D eigenvalue weighted by Gasteiger charge is 2.20. The van der Waals surface area contributed by atoms with Crippen molar-refractivity contribution in [3.8, 4) is 0 Å². The lowest BCUT2D eigenvalue weighted by atomic mass is 10.2. The number of carbonyl (C=O) groups is 1. The van der Waals surface area contributed by atoms with E-state index in [1.54, 1.807) is 6.08 Å². The molecule has 0 heterocycles. The van der Waals surface area contributed by atoms with Crippen molar-refractivity contribution in [3.05, 3.63) is 42.5 Å². The molecule has 6 heteroatoms. The second kappa shape index (κ2) is 6.49. The van der Waals surface area contributed by atoms with Crippen LogP contribution in [0.1, 0.15) is 23.2 Å². The molecule has 0 saturated heterocycles. The summed E-state index contributed by atoms with van der Waals surface area (Å²) in [7, 11) is -2.05. The molecule has 0 radical (unpaired) electrons. The largest absolute Gasteiger partial charge is 0.478 e. The maximum Gasteiger partial charge on any atom is 0.335 e. The highest BCUT2D eigenvalue weighted by atomic mass is 32.2. The molecule has 5 nitrogen and oxygen atoms in total. The number of carboxylic acid groups (broad SMARTS) is 1. The van der Waals surface area contributed by atoms with Gasteiger partial charge in [0, 0.05) is 13.6 Å². The average molecular weight is 283 g/mol. The first-order valence-electron chi connectivity index (χ1n) is 5.80. The lowest BCUT2D eigenvalue weighted by Gasteiger charge is -2.16. The summed E-state index contributed by atoms with van der Waals surface area (Å²) >= 11 is 0. The van der Waals surface area contributed by atoms with Crippen molar-refractivity contribution in [2.24, 2.45) is 0 Å². The van der Waals surface area contributed by atoms with Gasteiger partial charge in [-0.05, 0) is 37.1 Å². The van der Waals surface area contributed by atoms with Crippen LogP contribution in [0.5, 0.6) is 0 Å². The Bertz CT molecular complexity index is 549.